The maximum Gasteiger partial charge on any atom is 0.138 e. The first-order valence-corrected chi connectivity index (χ1v) is 9.87. The number of benzene rings is 1. The number of rotatable bonds is 3. The summed E-state index contributed by atoms with van der Waals surface area (Å²) >= 11 is 0. The molecule has 0 aliphatic heterocycles. The van der Waals surface area contributed by atoms with Crippen molar-refractivity contribution in [1.82, 2.24) is 34.9 Å². The van der Waals surface area contributed by atoms with E-state index in [4.69, 9.17) is 4.98 Å². The smallest absolute Gasteiger partial charge is 0.138 e. The first-order valence-electron chi connectivity index (χ1n) is 9.87. The van der Waals surface area contributed by atoms with Crippen LogP contribution in [0.3, 0.4) is 0 Å². The Kier molecular flexibility index (Phi) is 3.85. The van der Waals surface area contributed by atoms with Crippen LogP contribution in [-0.2, 0) is 7.05 Å². The second kappa shape index (κ2) is 6.74. The second-order valence-electron chi connectivity index (χ2n) is 7.57. The van der Waals surface area contributed by atoms with Crippen LogP contribution in [0.1, 0.15) is 0 Å². The molecule has 0 saturated carbocycles. The van der Waals surface area contributed by atoms with Gasteiger partial charge in [-0.05, 0) is 47.5 Å². The van der Waals surface area contributed by atoms with Crippen molar-refractivity contribution in [2.24, 2.45) is 7.05 Å². The summed E-state index contributed by atoms with van der Waals surface area (Å²) in [7, 11) is 1.86. The molecule has 9 heteroatoms. The predicted molar refractivity (Wildman–Crippen MR) is 118 cm³/mol. The Hall–Kier alpha value is -4.53. The summed E-state index contributed by atoms with van der Waals surface area (Å²) in [5.74, 6) is -0.641. The highest BCUT2D eigenvalue weighted by Crippen LogP contribution is 2.34. The van der Waals surface area contributed by atoms with Gasteiger partial charge in [0, 0.05) is 36.5 Å². The lowest BCUT2D eigenvalue weighted by molar-refractivity contribution is 0.469. The van der Waals surface area contributed by atoms with Gasteiger partial charge in [0.1, 0.15) is 28.4 Å². The molecular formula is C23H16FN7O. The van der Waals surface area contributed by atoms with Crippen LogP contribution in [0.25, 0.3) is 55.8 Å². The lowest BCUT2D eigenvalue weighted by Crippen LogP contribution is -1.86. The molecule has 6 rings (SSSR count). The standard InChI is InChI=1S/C23H16FN7O/c1-31-11-13(10-26-31)18-2-3-19-21(27-18)22(30-29-19)20-9-17-16(4-5-25-23(17)28-20)12-6-14(24)8-15(32)7-12/h2-11,32H,1H3,(H,25,28)(H,29,30). The van der Waals surface area contributed by atoms with Gasteiger partial charge in [-0.1, -0.05) is 0 Å². The Balaban J connectivity index is 1.51. The number of fused-ring (bicyclic) bond motifs is 2. The summed E-state index contributed by atoms with van der Waals surface area (Å²) in [6.07, 6.45) is 5.31. The zero-order chi connectivity index (χ0) is 21.8. The van der Waals surface area contributed by atoms with E-state index in [-0.39, 0.29) is 5.75 Å². The zero-order valence-electron chi connectivity index (χ0n) is 16.8. The number of H-pyrrole nitrogens is 2. The highest BCUT2D eigenvalue weighted by molar-refractivity contribution is 5.99. The second-order valence-corrected chi connectivity index (χ2v) is 7.57. The van der Waals surface area contributed by atoms with Gasteiger partial charge in [-0.25, -0.2) is 14.4 Å². The summed E-state index contributed by atoms with van der Waals surface area (Å²) in [6.45, 7) is 0. The fourth-order valence-electron chi connectivity index (χ4n) is 3.94. The summed E-state index contributed by atoms with van der Waals surface area (Å²) in [5, 5.41) is 22.3. The molecule has 0 fully saturated rings. The van der Waals surface area contributed by atoms with Gasteiger partial charge in [-0.2, -0.15) is 10.2 Å². The highest BCUT2D eigenvalue weighted by Gasteiger charge is 2.16. The van der Waals surface area contributed by atoms with Crippen LogP contribution in [-0.4, -0.2) is 40.0 Å². The van der Waals surface area contributed by atoms with E-state index in [1.807, 2.05) is 31.4 Å². The number of aryl methyl sites for hydroxylation is 1. The van der Waals surface area contributed by atoms with Crippen LogP contribution in [0.2, 0.25) is 0 Å². The van der Waals surface area contributed by atoms with Gasteiger partial charge in [0.05, 0.1) is 23.1 Å². The third kappa shape index (κ3) is 2.90. The van der Waals surface area contributed by atoms with Crippen LogP contribution in [0.5, 0.6) is 5.75 Å². The van der Waals surface area contributed by atoms with Gasteiger partial charge in [0.2, 0.25) is 0 Å². The lowest BCUT2D eigenvalue weighted by Gasteiger charge is -2.04. The molecule has 5 heterocycles. The largest absolute Gasteiger partial charge is 0.508 e. The Bertz CT molecular complexity index is 1610. The van der Waals surface area contributed by atoms with E-state index in [0.717, 1.165) is 39.5 Å². The minimum Gasteiger partial charge on any atom is -0.508 e. The minimum absolute atomic E-state index is 0.133. The molecule has 0 atom stereocenters. The van der Waals surface area contributed by atoms with E-state index in [0.29, 0.717) is 22.4 Å². The summed E-state index contributed by atoms with van der Waals surface area (Å²) < 4.78 is 15.6. The first kappa shape index (κ1) is 18.3. The van der Waals surface area contributed by atoms with Crippen molar-refractivity contribution in [1.29, 1.82) is 0 Å². The van der Waals surface area contributed by atoms with E-state index in [1.54, 1.807) is 23.1 Å². The molecule has 32 heavy (non-hydrogen) atoms. The number of halogens is 1. The van der Waals surface area contributed by atoms with Gasteiger partial charge >= 0.3 is 0 Å². The monoisotopic (exact) mass is 425 g/mol. The SMILES string of the molecule is Cn1cc(-c2ccc3[nH]nc(-c4cc5c(-c6cc(O)cc(F)c6)ccnc5[nH]4)c3n2)cn1. The first-order chi connectivity index (χ1) is 15.5. The number of nitrogens with one attached hydrogen (secondary N) is 2. The van der Waals surface area contributed by atoms with E-state index in [2.05, 4.69) is 25.3 Å². The molecule has 0 aliphatic carbocycles. The third-order valence-corrected chi connectivity index (χ3v) is 5.39. The molecule has 0 aliphatic rings. The molecule has 8 nitrogen and oxygen atoms in total. The number of hydrogen-bond acceptors (Lipinski definition) is 5. The molecule has 156 valence electrons. The minimum atomic E-state index is -0.508. The molecule has 0 spiro atoms. The van der Waals surface area contributed by atoms with E-state index < -0.39 is 5.82 Å². The Morgan fingerprint density at radius 2 is 1.97 bits per heavy atom. The van der Waals surface area contributed by atoms with Crippen molar-refractivity contribution >= 4 is 22.1 Å². The summed E-state index contributed by atoms with van der Waals surface area (Å²) in [5.41, 5.74) is 6.52. The fraction of sp³-hybridized carbons (Fsp3) is 0.0435. The number of pyridine rings is 2. The lowest BCUT2D eigenvalue weighted by atomic mass is 10.0. The summed E-state index contributed by atoms with van der Waals surface area (Å²) in [6, 6.07) is 11.5. The Labute approximate surface area is 180 Å². The normalized spacial score (nSPS) is 11.6. The Morgan fingerprint density at radius 3 is 2.78 bits per heavy atom. The van der Waals surface area contributed by atoms with Crippen LogP contribution in [0, 0.1) is 5.82 Å². The van der Waals surface area contributed by atoms with Gasteiger partial charge in [-0.3, -0.25) is 9.78 Å². The van der Waals surface area contributed by atoms with Crippen molar-refractivity contribution in [3.05, 3.63) is 66.9 Å². The van der Waals surface area contributed by atoms with Gasteiger partial charge < -0.3 is 10.1 Å². The third-order valence-electron chi connectivity index (χ3n) is 5.39. The van der Waals surface area contributed by atoms with Gasteiger partial charge in [0.25, 0.3) is 0 Å². The van der Waals surface area contributed by atoms with Gasteiger partial charge in [-0.15, -0.1) is 0 Å². The van der Waals surface area contributed by atoms with Crippen LogP contribution < -0.4 is 0 Å². The number of nitrogens with zero attached hydrogens (tertiary/aromatic N) is 5. The van der Waals surface area contributed by atoms with Crippen LogP contribution in [0.15, 0.2) is 61.1 Å². The number of hydrogen-bond donors (Lipinski definition) is 3. The number of aromatic hydroxyl groups is 1. The number of aromatic nitrogens is 7. The maximum absolute atomic E-state index is 13.9. The average molecular weight is 425 g/mol. The van der Waals surface area contributed by atoms with Crippen LogP contribution in [0.4, 0.5) is 4.39 Å². The van der Waals surface area contributed by atoms with Crippen molar-refractivity contribution in [3.8, 4) is 39.5 Å². The van der Waals surface area contributed by atoms with E-state index >= 15 is 0 Å². The predicted octanol–water partition coefficient (Wildman–Crippen LogP) is 4.41. The Morgan fingerprint density at radius 1 is 1.06 bits per heavy atom. The van der Waals surface area contributed by atoms with Crippen molar-refractivity contribution in [2.45, 2.75) is 0 Å². The summed E-state index contributed by atoms with van der Waals surface area (Å²) in [4.78, 5) is 12.5. The molecule has 3 N–H and O–H groups in total. The van der Waals surface area contributed by atoms with Crippen molar-refractivity contribution in [3.63, 3.8) is 0 Å². The molecule has 5 aromatic heterocycles. The highest BCUT2D eigenvalue weighted by atomic mass is 19.1. The van der Waals surface area contributed by atoms with E-state index in [1.165, 1.54) is 12.1 Å². The molecule has 1 aromatic carbocycles. The number of aromatic amines is 2. The van der Waals surface area contributed by atoms with Gasteiger partial charge in [0.15, 0.2) is 0 Å². The van der Waals surface area contributed by atoms with Crippen LogP contribution >= 0.6 is 0 Å². The van der Waals surface area contributed by atoms with Crippen molar-refractivity contribution < 1.29 is 9.50 Å². The fourth-order valence-corrected chi connectivity index (χ4v) is 3.94. The van der Waals surface area contributed by atoms with Crippen molar-refractivity contribution in [2.75, 3.05) is 0 Å². The topological polar surface area (TPSA) is 108 Å². The zero-order valence-corrected chi connectivity index (χ0v) is 16.8. The molecule has 0 saturated heterocycles. The quantitative estimate of drug-likeness (QED) is 0.389. The molecule has 0 bridgehead atoms. The van der Waals surface area contributed by atoms with E-state index in [9.17, 15) is 9.50 Å². The molecule has 0 amide bonds. The molecular weight excluding hydrogens is 409 g/mol. The molecule has 0 radical (unpaired) electrons. The number of phenols is 1. The maximum atomic E-state index is 13.9. The molecule has 6 aromatic rings. The number of phenolic OH excluding ortho intramolecular Hbond substituents is 1. The average Bonchev–Trinajstić information content (AvgIpc) is 3.49. The molecule has 0 unspecified atom stereocenters.